The summed E-state index contributed by atoms with van der Waals surface area (Å²) in [5.41, 5.74) is 1.30. The van der Waals surface area contributed by atoms with Crippen LogP contribution in [0, 0.1) is 11.8 Å². The van der Waals surface area contributed by atoms with Gasteiger partial charge in [-0.3, -0.25) is 0 Å². The molecule has 1 saturated heterocycles. The first-order chi connectivity index (χ1) is 18.7. The summed E-state index contributed by atoms with van der Waals surface area (Å²) in [6.07, 6.45) is -0.321. The van der Waals surface area contributed by atoms with Crippen LogP contribution < -0.4 is 9.64 Å². The van der Waals surface area contributed by atoms with Crippen LogP contribution in [-0.4, -0.2) is 45.3 Å². The quantitative estimate of drug-likeness (QED) is 0.323. The molecule has 4 fully saturated rings. The van der Waals surface area contributed by atoms with Gasteiger partial charge in [-0.05, 0) is 56.1 Å². The topological polar surface area (TPSA) is 97.7 Å². The van der Waals surface area contributed by atoms with Crippen molar-refractivity contribution in [1.82, 2.24) is 10.1 Å². The molecule has 3 heterocycles. The molecule has 3 aliphatic carbocycles. The molecule has 39 heavy (non-hydrogen) atoms. The fourth-order valence-electron chi connectivity index (χ4n) is 6.92. The van der Waals surface area contributed by atoms with Gasteiger partial charge in [0.25, 0.3) is 0 Å². The third-order valence-electron chi connectivity index (χ3n) is 8.77. The van der Waals surface area contributed by atoms with Crippen molar-refractivity contribution in [1.29, 1.82) is 0 Å². The number of alkyl halides is 3. The van der Waals surface area contributed by atoms with E-state index >= 15 is 0 Å². The number of hydrogen-bond donors (Lipinski definition) is 1. The Bertz CT molecular complexity index is 1440. The summed E-state index contributed by atoms with van der Waals surface area (Å²) in [4.78, 5) is 18.0. The van der Waals surface area contributed by atoms with Gasteiger partial charge in [0, 0.05) is 22.4 Å². The molecule has 5 unspecified atom stereocenters. The molecule has 5 atom stereocenters. The Kier molecular flexibility index (Phi) is 5.55. The molecular formula is C27H26F3N3O5S. The summed E-state index contributed by atoms with van der Waals surface area (Å²) < 4.78 is 55.7. The van der Waals surface area contributed by atoms with Crippen LogP contribution in [0.1, 0.15) is 66.8 Å². The molecule has 12 heteroatoms. The van der Waals surface area contributed by atoms with Gasteiger partial charge < -0.3 is 24.0 Å². The van der Waals surface area contributed by atoms with Crippen LogP contribution in [0.2, 0.25) is 0 Å². The lowest BCUT2D eigenvalue weighted by molar-refractivity contribution is -0.274. The maximum atomic E-state index is 13.1. The van der Waals surface area contributed by atoms with Gasteiger partial charge in [-0.1, -0.05) is 24.2 Å². The number of carboxylic acids is 1. The van der Waals surface area contributed by atoms with Crippen LogP contribution in [0.15, 0.2) is 34.2 Å². The fourth-order valence-corrected chi connectivity index (χ4v) is 7.86. The summed E-state index contributed by atoms with van der Waals surface area (Å²) in [6.45, 7) is 2.41. The van der Waals surface area contributed by atoms with E-state index in [1.807, 2.05) is 0 Å². The molecule has 8 nitrogen and oxygen atoms in total. The first kappa shape index (κ1) is 24.9. The van der Waals surface area contributed by atoms with Crippen LogP contribution >= 0.6 is 11.3 Å². The van der Waals surface area contributed by atoms with Crippen molar-refractivity contribution in [2.24, 2.45) is 11.8 Å². The molecule has 3 aromatic rings. The molecule has 2 aromatic heterocycles. The second-order valence-corrected chi connectivity index (χ2v) is 11.9. The van der Waals surface area contributed by atoms with Crippen molar-refractivity contribution in [3.05, 3.63) is 46.7 Å². The Morgan fingerprint density at radius 1 is 1.28 bits per heavy atom. The third kappa shape index (κ3) is 4.10. The normalized spacial score (nSPS) is 29.4. The number of benzene rings is 1. The third-order valence-corrected chi connectivity index (χ3v) is 9.61. The maximum Gasteiger partial charge on any atom is 0.573 e. The van der Waals surface area contributed by atoms with E-state index < -0.39 is 12.3 Å². The van der Waals surface area contributed by atoms with Gasteiger partial charge in [-0.15, -0.1) is 24.5 Å². The lowest BCUT2D eigenvalue weighted by Gasteiger charge is -2.48. The number of carboxylic acid groups (broad SMARTS) is 1. The second-order valence-electron chi connectivity index (χ2n) is 11.1. The lowest BCUT2D eigenvalue weighted by atomic mass is 9.58. The number of rotatable bonds is 8. The highest BCUT2D eigenvalue weighted by atomic mass is 32.1. The Labute approximate surface area is 225 Å². The number of thiazole rings is 1. The number of para-hydroxylation sites is 1. The Morgan fingerprint density at radius 3 is 2.77 bits per heavy atom. The summed E-state index contributed by atoms with van der Waals surface area (Å²) >= 11 is 1.36. The van der Waals surface area contributed by atoms with Gasteiger partial charge in [0.2, 0.25) is 0 Å². The predicted molar refractivity (Wildman–Crippen MR) is 134 cm³/mol. The Balaban J connectivity index is 1.12. The highest BCUT2D eigenvalue weighted by molar-refractivity contribution is 7.14. The average Bonchev–Trinajstić information content (AvgIpc) is 3.72. The summed E-state index contributed by atoms with van der Waals surface area (Å²) in [5, 5.41) is 15.8. The van der Waals surface area contributed by atoms with Crippen LogP contribution in [-0.2, 0) is 11.3 Å². The minimum Gasteiger partial charge on any atom is -0.476 e. The number of carbonyl (C=O) groups is 1. The van der Waals surface area contributed by atoms with Crippen LogP contribution in [0.25, 0.3) is 11.3 Å². The first-order valence-corrected chi connectivity index (χ1v) is 14.0. The van der Waals surface area contributed by atoms with Gasteiger partial charge in [0.15, 0.2) is 10.8 Å². The van der Waals surface area contributed by atoms with Gasteiger partial charge in [-0.2, -0.15) is 0 Å². The standard InChI is InChI=1S/C27H26F3N3O5S/c1-13-10-26-18(13)8-15(9-21(26)33(26)25-31-19(12-39-25)24(34)35)36-11-17-22(32-38-23(17)14-6-7-14)16-4-2-3-5-20(16)37-27(28,29)30/h2-5,12-15,18,21H,6-11H2,1H3,(H,34,35). The number of ether oxygens (including phenoxy) is 2. The molecule has 0 amide bonds. The van der Waals surface area contributed by atoms with E-state index in [4.69, 9.17) is 9.26 Å². The van der Waals surface area contributed by atoms with E-state index in [2.05, 4.69) is 26.7 Å². The lowest BCUT2D eigenvalue weighted by Crippen LogP contribution is -2.51. The molecule has 1 aliphatic heterocycles. The van der Waals surface area contributed by atoms with E-state index in [-0.39, 0.29) is 47.2 Å². The highest BCUT2D eigenvalue weighted by Gasteiger charge is 2.76. The molecular weight excluding hydrogens is 535 g/mol. The number of halogens is 3. The van der Waals surface area contributed by atoms with Crippen molar-refractivity contribution < 1.29 is 37.1 Å². The fraction of sp³-hybridized carbons (Fsp3) is 0.519. The molecule has 4 aliphatic rings. The summed E-state index contributed by atoms with van der Waals surface area (Å²) in [5.74, 6) is 0.430. The molecule has 3 saturated carbocycles. The van der Waals surface area contributed by atoms with E-state index in [1.165, 1.54) is 23.5 Å². The van der Waals surface area contributed by atoms with E-state index in [9.17, 15) is 23.1 Å². The van der Waals surface area contributed by atoms with Crippen molar-refractivity contribution >= 4 is 22.4 Å². The minimum atomic E-state index is -4.83. The highest BCUT2D eigenvalue weighted by Crippen LogP contribution is 2.68. The zero-order valence-electron chi connectivity index (χ0n) is 21.0. The number of anilines is 1. The number of nitrogens with zero attached hydrogens (tertiary/aromatic N) is 3. The van der Waals surface area contributed by atoms with Gasteiger partial charge in [0.1, 0.15) is 17.2 Å². The smallest absolute Gasteiger partial charge is 0.476 e. The largest absolute Gasteiger partial charge is 0.573 e. The van der Waals surface area contributed by atoms with Gasteiger partial charge >= 0.3 is 12.3 Å². The van der Waals surface area contributed by atoms with Gasteiger partial charge in [0.05, 0.1) is 24.3 Å². The molecule has 1 N–H and O–H groups in total. The van der Waals surface area contributed by atoms with Crippen molar-refractivity contribution in [2.75, 3.05) is 4.90 Å². The van der Waals surface area contributed by atoms with Gasteiger partial charge in [-0.25, -0.2) is 9.78 Å². The molecule has 1 spiro atoms. The Hall–Kier alpha value is -3.12. The zero-order valence-corrected chi connectivity index (χ0v) is 21.8. The van der Waals surface area contributed by atoms with E-state index in [0.717, 1.165) is 37.2 Å². The first-order valence-electron chi connectivity index (χ1n) is 13.1. The monoisotopic (exact) mass is 561 g/mol. The summed E-state index contributed by atoms with van der Waals surface area (Å²) in [7, 11) is 0. The minimum absolute atomic E-state index is 0.0301. The number of aromatic nitrogens is 2. The molecule has 7 rings (SSSR count). The molecule has 1 aromatic carbocycles. The van der Waals surface area contributed by atoms with Crippen LogP contribution in [0.4, 0.5) is 18.3 Å². The van der Waals surface area contributed by atoms with Crippen LogP contribution in [0.3, 0.4) is 0 Å². The summed E-state index contributed by atoms with van der Waals surface area (Å²) in [6, 6.07) is 6.18. The van der Waals surface area contributed by atoms with Crippen LogP contribution in [0.5, 0.6) is 5.75 Å². The van der Waals surface area contributed by atoms with E-state index in [0.29, 0.717) is 28.9 Å². The van der Waals surface area contributed by atoms with E-state index in [1.54, 1.807) is 17.5 Å². The SMILES string of the molecule is CC1CC23C1CC(OCc1c(-c4ccccc4OC(F)(F)F)noc1C1CC1)CC2N3c1nc(C(=O)O)cs1. The Morgan fingerprint density at radius 2 is 2.08 bits per heavy atom. The number of aromatic carboxylic acids is 1. The second kappa shape index (κ2) is 8.69. The molecule has 0 bridgehead atoms. The average molecular weight is 562 g/mol. The maximum absolute atomic E-state index is 13.1. The van der Waals surface area contributed by atoms with Crippen molar-refractivity contribution in [3.63, 3.8) is 0 Å². The number of hydrogen-bond acceptors (Lipinski definition) is 8. The molecule has 0 radical (unpaired) electrons. The zero-order chi connectivity index (χ0) is 27.1. The predicted octanol–water partition coefficient (Wildman–Crippen LogP) is 6.23. The molecule has 206 valence electrons. The van der Waals surface area contributed by atoms with Crippen molar-refractivity contribution in [3.8, 4) is 17.0 Å². The van der Waals surface area contributed by atoms with Crippen molar-refractivity contribution in [2.45, 2.75) is 75.6 Å².